The van der Waals surface area contributed by atoms with Crippen molar-refractivity contribution in [3.05, 3.63) is 47.7 Å². The van der Waals surface area contributed by atoms with Crippen LogP contribution in [0.25, 0.3) is 0 Å². The molecule has 1 amide bonds. The molecular weight excluding hydrogens is 280 g/mol. The van der Waals surface area contributed by atoms with Crippen molar-refractivity contribution in [1.82, 2.24) is 9.78 Å². The van der Waals surface area contributed by atoms with Gasteiger partial charge in [-0.25, -0.2) is 0 Å². The molecule has 0 unspecified atom stereocenters. The molecule has 2 heterocycles. The summed E-state index contributed by atoms with van der Waals surface area (Å²) in [6.45, 7) is 3.62. The van der Waals surface area contributed by atoms with Crippen LogP contribution in [-0.2, 0) is 16.7 Å². The molecule has 0 fully saturated rings. The first-order valence-electron chi connectivity index (χ1n) is 7.10. The van der Waals surface area contributed by atoms with Gasteiger partial charge in [-0.2, -0.15) is 5.10 Å². The van der Waals surface area contributed by atoms with Crippen molar-refractivity contribution in [2.75, 3.05) is 5.32 Å². The Labute approximate surface area is 128 Å². The molecule has 22 heavy (non-hydrogen) atoms. The molecule has 0 saturated heterocycles. The zero-order valence-electron chi connectivity index (χ0n) is 12.8. The number of hydrogen-bond acceptors (Lipinski definition) is 4. The Hall–Kier alpha value is -2.63. The van der Waals surface area contributed by atoms with Crippen LogP contribution in [0.15, 0.2) is 41.6 Å². The van der Waals surface area contributed by atoms with Gasteiger partial charge in [0.2, 0.25) is 5.60 Å². The molecule has 1 aliphatic heterocycles. The second-order valence-electron chi connectivity index (χ2n) is 5.65. The highest BCUT2D eigenvalue weighted by molar-refractivity contribution is 6.07. The monoisotopic (exact) mass is 298 g/mol. The van der Waals surface area contributed by atoms with Crippen LogP contribution >= 0.6 is 0 Å². The molecule has 1 N–H and O–H groups in total. The number of anilines is 1. The van der Waals surface area contributed by atoms with Gasteiger partial charge in [-0.15, -0.1) is 0 Å². The van der Waals surface area contributed by atoms with Crippen molar-refractivity contribution in [1.29, 1.82) is 0 Å². The van der Waals surface area contributed by atoms with Gasteiger partial charge in [0.25, 0.3) is 5.91 Å². The van der Waals surface area contributed by atoms with E-state index in [4.69, 9.17) is 4.84 Å². The summed E-state index contributed by atoms with van der Waals surface area (Å²) in [7, 11) is 1.78. The Balaban J connectivity index is 1.73. The summed E-state index contributed by atoms with van der Waals surface area (Å²) in [4.78, 5) is 18.0. The molecule has 0 spiro atoms. The smallest absolute Gasteiger partial charge is 0.272 e. The third-order valence-electron chi connectivity index (χ3n) is 3.69. The second kappa shape index (κ2) is 5.29. The summed E-state index contributed by atoms with van der Waals surface area (Å²) in [5.74, 6) is 0.408. The standard InChI is InChI=1S/C16H18N4O2/c1-11-9-14(20(3)18-11)17-15(21)16(2)10-13(19-22-16)12-7-5-4-6-8-12/h4-9H,10H2,1-3H3,(H,17,21)/t16-/m0/s1. The number of amides is 1. The number of benzene rings is 1. The number of nitrogens with one attached hydrogen (secondary N) is 1. The number of carbonyl (C=O) groups excluding carboxylic acids is 1. The van der Waals surface area contributed by atoms with E-state index in [2.05, 4.69) is 15.6 Å². The van der Waals surface area contributed by atoms with Gasteiger partial charge in [0.05, 0.1) is 11.4 Å². The molecule has 3 rings (SSSR count). The van der Waals surface area contributed by atoms with E-state index in [0.717, 1.165) is 17.0 Å². The average molecular weight is 298 g/mol. The fraction of sp³-hybridized carbons (Fsp3) is 0.312. The lowest BCUT2D eigenvalue weighted by Crippen LogP contribution is -2.40. The number of aromatic nitrogens is 2. The molecule has 6 heteroatoms. The lowest BCUT2D eigenvalue weighted by Gasteiger charge is -2.20. The molecule has 2 aromatic rings. The Morgan fingerprint density at radius 3 is 2.73 bits per heavy atom. The molecule has 114 valence electrons. The first kappa shape index (κ1) is 14.3. The van der Waals surface area contributed by atoms with Crippen molar-refractivity contribution in [3.63, 3.8) is 0 Å². The Morgan fingerprint density at radius 1 is 1.36 bits per heavy atom. The maximum Gasteiger partial charge on any atom is 0.272 e. The number of oxime groups is 1. The summed E-state index contributed by atoms with van der Waals surface area (Å²) in [5.41, 5.74) is 1.58. The highest BCUT2D eigenvalue weighted by Gasteiger charge is 2.42. The minimum atomic E-state index is -1.01. The first-order chi connectivity index (χ1) is 10.5. The number of carbonyl (C=O) groups is 1. The van der Waals surface area contributed by atoms with Gasteiger partial charge in [0.1, 0.15) is 5.82 Å². The Morgan fingerprint density at radius 2 is 2.09 bits per heavy atom. The Kier molecular flexibility index (Phi) is 3.44. The number of aryl methyl sites for hydroxylation is 2. The maximum atomic E-state index is 12.5. The summed E-state index contributed by atoms with van der Waals surface area (Å²) in [6, 6.07) is 11.5. The van der Waals surface area contributed by atoms with E-state index in [1.807, 2.05) is 43.3 Å². The summed E-state index contributed by atoms with van der Waals surface area (Å²) >= 11 is 0. The number of hydrogen-bond donors (Lipinski definition) is 1. The van der Waals surface area contributed by atoms with Crippen molar-refractivity contribution >= 4 is 17.4 Å². The van der Waals surface area contributed by atoms with Gasteiger partial charge < -0.3 is 10.2 Å². The number of nitrogens with zero attached hydrogens (tertiary/aromatic N) is 3. The van der Waals surface area contributed by atoms with Gasteiger partial charge >= 0.3 is 0 Å². The van der Waals surface area contributed by atoms with E-state index in [1.165, 1.54) is 0 Å². The molecule has 0 bridgehead atoms. The van der Waals surface area contributed by atoms with E-state index < -0.39 is 5.60 Å². The van der Waals surface area contributed by atoms with Crippen LogP contribution in [0.2, 0.25) is 0 Å². The van der Waals surface area contributed by atoms with Crippen LogP contribution in [0.3, 0.4) is 0 Å². The number of rotatable bonds is 3. The first-order valence-corrected chi connectivity index (χ1v) is 7.10. The second-order valence-corrected chi connectivity index (χ2v) is 5.65. The molecule has 6 nitrogen and oxygen atoms in total. The summed E-state index contributed by atoms with van der Waals surface area (Å²) in [5, 5.41) is 11.1. The SMILES string of the molecule is Cc1cc(NC(=O)[C@]2(C)CC(c3ccccc3)=NO2)n(C)n1. The highest BCUT2D eigenvalue weighted by atomic mass is 16.7. The van der Waals surface area contributed by atoms with Crippen LogP contribution < -0.4 is 5.32 Å². The lowest BCUT2D eigenvalue weighted by molar-refractivity contribution is -0.136. The fourth-order valence-corrected chi connectivity index (χ4v) is 2.42. The van der Waals surface area contributed by atoms with Crippen LogP contribution in [0.5, 0.6) is 0 Å². The van der Waals surface area contributed by atoms with Crippen LogP contribution in [0.4, 0.5) is 5.82 Å². The molecule has 0 saturated carbocycles. The average Bonchev–Trinajstić information content (AvgIpc) is 3.04. The Bertz CT molecular complexity index is 736. The van der Waals surface area contributed by atoms with E-state index in [9.17, 15) is 4.79 Å². The quantitative estimate of drug-likeness (QED) is 0.945. The molecule has 0 aliphatic carbocycles. The largest absolute Gasteiger partial charge is 0.379 e. The predicted molar refractivity (Wildman–Crippen MR) is 83.7 cm³/mol. The molecule has 1 aromatic carbocycles. The predicted octanol–water partition coefficient (Wildman–Crippen LogP) is 2.25. The molecule has 1 atom stereocenters. The van der Waals surface area contributed by atoms with E-state index in [0.29, 0.717) is 12.2 Å². The van der Waals surface area contributed by atoms with Gasteiger partial charge in [0, 0.05) is 19.5 Å². The van der Waals surface area contributed by atoms with Crippen LogP contribution in [0, 0.1) is 6.92 Å². The van der Waals surface area contributed by atoms with Gasteiger partial charge in [-0.3, -0.25) is 9.48 Å². The minimum absolute atomic E-state index is 0.231. The topological polar surface area (TPSA) is 68.5 Å². The third kappa shape index (κ3) is 2.59. The van der Waals surface area contributed by atoms with E-state index in [-0.39, 0.29) is 5.91 Å². The molecule has 1 aliphatic rings. The lowest BCUT2D eigenvalue weighted by atomic mass is 9.95. The molecular formula is C16H18N4O2. The van der Waals surface area contributed by atoms with Gasteiger partial charge in [0.15, 0.2) is 0 Å². The molecule has 1 aromatic heterocycles. The fourth-order valence-electron chi connectivity index (χ4n) is 2.42. The minimum Gasteiger partial charge on any atom is -0.379 e. The van der Waals surface area contributed by atoms with Crippen molar-refractivity contribution in [3.8, 4) is 0 Å². The van der Waals surface area contributed by atoms with Gasteiger partial charge in [-0.1, -0.05) is 35.5 Å². The zero-order chi connectivity index (χ0) is 15.7. The summed E-state index contributed by atoms with van der Waals surface area (Å²) < 4.78 is 1.63. The maximum absolute atomic E-state index is 12.5. The summed E-state index contributed by atoms with van der Waals surface area (Å²) in [6.07, 6.45) is 0.430. The van der Waals surface area contributed by atoms with Crippen LogP contribution in [-0.4, -0.2) is 27.0 Å². The van der Waals surface area contributed by atoms with Crippen molar-refractivity contribution in [2.24, 2.45) is 12.2 Å². The highest BCUT2D eigenvalue weighted by Crippen LogP contribution is 2.28. The van der Waals surface area contributed by atoms with E-state index >= 15 is 0 Å². The van der Waals surface area contributed by atoms with E-state index in [1.54, 1.807) is 18.7 Å². The zero-order valence-corrected chi connectivity index (χ0v) is 12.8. The van der Waals surface area contributed by atoms with Crippen LogP contribution in [0.1, 0.15) is 24.6 Å². The normalized spacial score (nSPS) is 20.4. The van der Waals surface area contributed by atoms with Crippen molar-refractivity contribution < 1.29 is 9.63 Å². The van der Waals surface area contributed by atoms with Crippen molar-refractivity contribution in [2.45, 2.75) is 25.9 Å². The third-order valence-corrected chi connectivity index (χ3v) is 3.69. The molecule has 0 radical (unpaired) electrons. The van der Waals surface area contributed by atoms with Gasteiger partial charge in [-0.05, 0) is 19.4 Å².